The Hall–Kier alpha value is -2.88. The Morgan fingerprint density at radius 2 is 2.36 bits per heavy atom. The van der Waals surface area contributed by atoms with E-state index in [0.29, 0.717) is 23.6 Å². The van der Waals surface area contributed by atoms with Crippen LogP contribution in [0.5, 0.6) is 0 Å². The van der Waals surface area contributed by atoms with Gasteiger partial charge in [-0.3, -0.25) is 9.67 Å². The van der Waals surface area contributed by atoms with E-state index in [2.05, 4.69) is 20.3 Å². The van der Waals surface area contributed by atoms with Crippen molar-refractivity contribution in [3.63, 3.8) is 0 Å². The minimum absolute atomic E-state index is 0.294. The van der Waals surface area contributed by atoms with Crippen molar-refractivity contribution in [1.82, 2.24) is 20.0 Å². The Balaban J connectivity index is 1.63. The third-order valence-corrected chi connectivity index (χ3v) is 4.51. The van der Waals surface area contributed by atoms with Gasteiger partial charge in [-0.25, -0.2) is 4.39 Å². The van der Waals surface area contributed by atoms with Gasteiger partial charge in [0.1, 0.15) is 5.82 Å². The molecule has 0 amide bonds. The summed E-state index contributed by atoms with van der Waals surface area (Å²) in [6.07, 6.45) is 4.99. The van der Waals surface area contributed by atoms with E-state index in [-0.39, 0.29) is 5.82 Å². The molecule has 1 aliphatic rings. The number of hydrogen-bond acceptors (Lipinski definition) is 3. The van der Waals surface area contributed by atoms with Crippen LogP contribution in [0.1, 0.15) is 29.0 Å². The lowest BCUT2D eigenvalue weighted by molar-refractivity contribution is 0.484. The van der Waals surface area contributed by atoms with Crippen LogP contribution >= 0.6 is 0 Å². The molecule has 1 saturated heterocycles. The topological polar surface area (TPSA) is 69.2 Å². The number of likely N-dealkylation sites (tertiary alicyclic amines) is 1. The quantitative estimate of drug-likeness (QED) is 0.685. The van der Waals surface area contributed by atoms with E-state index >= 15 is 0 Å². The SMILES string of the molecule is CN=C(NCc1cc(C#N)ccc1F)N1CCC(c2cnn(C)c2)C1. The predicted octanol–water partition coefficient (Wildman–Crippen LogP) is 2.00. The first kappa shape index (κ1) is 17.0. The summed E-state index contributed by atoms with van der Waals surface area (Å²) in [7, 11) is 3.64. The second-order valence-electron chi connectivity index (χ2n) is 6.20. The molecule has 25 heavy (non-hydrogen) atoms. The summed E-state index contributed by atoms with van der Waals surface area (Å²) in [5.41, 5.74) is 2.14. The number of halogens is 1. The number of hydrogen-bond donors (Lipinski definition) is 1. The van der Waals surface area contributed by atoms with Crippen molar-refractivity contribution < 1.29 is 4.39 Å². The van der Waals surface area contributed by atoms with Gasteiger partial charge in [0.25, 0.3) is 0 Å². The highest BCUT2D eigenvalue weighted by molar-refractivity contribution is 5.80. The maximum absolute atomic E-state index is 13.9. The lowest BCUT2D eigenvalue weighted by Crippen LogP contribution is -2.39. The standard InChI is InChI=1S/C18H21FN6/c1-21-18(22-9-15-7-13(8-20)3-4-17(15)19)25-6-5-14(12-25)16-10-23-24(2)11-16/h3-4,7,10-11,14H,5-6,9,12H2,1-2H3,(H,21,22). The van der Waals surface area contributed by atoms with E-state index in [1.165, 1.54) is 17.7 Å². The van der Waals surface area contributed by atoms with Crippen molar-refractivity contribution in [3.8, 4) is 6.07 Å². The van der Waals surface area contributed by atoms with E-state index in [1.54, 1.807) is 13.1 Å². The number of aromatic nitrogens is 2. The maximum atomic E-state index is 13.9. The van der Waals surface area contributed by atoms with Crippen molar-refractivity contribution in [2.45, 2.75) is 18.9 Å². The molecule has 0 saturated carbocycles. The molecule has 0 spiro atoms. The van der Waals surface area contributed by atoms with Gasteiger partial charge in [-0.15, -0.1) is 0 Å². The highest BCUT2D eigenvalue weighted by Gasteiger charge is 2.26. The summed E-state index contributed by atoms with van der Waals surface area (Å²) in [6, 6.07) is 6.41. The van der Waals surface area contributed by atoms with Crippen LogP contribution in [0.4, 0.5) is 4.39 Å². The van der Waals surface area contributed by atoms with Crippen LogP contribution in [0.3, 0.4) is 0 Å². The van der Waals surface area contributed by atoms with Crippen molar-refractivity contribution >= 4 is 5.96 Å². The average molecular weight is 340 g/mol. The number of rotatable bonds is 3. The molecule has 1 aromatic carbocycles. The summed E-state index contributed by atoms with van der Waals surface area (Å²) in [4.78, 5) is 6.48. The molecule has 2 aromatic rings. The Labute approximate surface area is 146 Å². The van der Waals surface area contributed by atoms with Gasteiger partial charge < -0.3 is 10.2 Å². The molecule has 0 radical (unpaired) electrons. The molecule has 1 aliphatic heterocycles. The number of benzene rings is 1. The van der Waals surface area contributed by atoms with Crippen LogP contribution in [0.15, 0.2) is 35.6 Å². The molecule has 7 heteroatoms. The van der Waals surface area contributed by atoms with Crippen molar-refractivity contribution in [2.24, 2.45) is 12.0 Å². The number of nitrogens with zero attached hydrogens (tertiary/aromatic N) is 5. The first-order chi connectivity index (χ1) is 12.1. The van der Waals surface area contributed by atoms with E-state index in [4.69, 9.17) is 5.26 Å². The first-order valence-electron chi connectivity index (χ1n) is 8.23. The van der Waals surface area contributed by atoms with Crippen molar-refractivity contribution in [1.29, 1.82) is 5.26 Å². The summed E-state index contributed by atoms with van der Waals surface area (Å²) >= 11 is 0. The molecule has 130 valence electrons. The van der Waals surface area contributed by atoms with Gasteiger partial charge in [0.2, 0.25) is 0 Å². The van der Waals surface area contributed by atoms with Crippen LogP contribution in [0.2, 0.25) is 0 Å². The first-order valence-corrected chi connectivity index (χ1v) is 8.23. The number of nitrogens with one attached hydrogen (secondary N) is 1. The van der Waals surface area contributed by atoms with Gasteiger partial charge in [0.05, 0.1) is 17.8 Å². The number of aliphatic imine (C=N–C) groups is 1. The van der Waals surface area contributed by atoms with Crippen LogP contribution in [0.25, 0.3) is 0 Å². The Morgan fingerprint density at radius 1 is 1.52 bits per heavy atom. The summed E-state index contributed by atoms with van der Waals surface area (Å²) in [5, 5.41) is 16.4. The van der Waals surface area contributed by atoms with Crippen LogP contribution in [0, 0.1) is 17.1 Å². The lowest BCUT2D eigenvalue weighted by Gasteiger charge is -2.21. The highest BCUT2D eigenvalue weighted by atomic mass is 19.1. The minimum atomic E-state index is -0.323. The molecule has 2 heterocycles. The van der Waals surface area contributed by atoms with Gasteiger partial charge in [-0.05, 0) is 30.2 Å². The molecule has 6 nitrogen and oxygen atoms in total. The molecular weight excluding hydrogens is 319 g/mol. The van der Waals surface area contributed by atoms with Crippen LogP contribution in [-0.4, -0.2) is 40.8 Å². The molecular formula is C18H21FN6. The fourth-order valence-electron chi connectivity index (χ4n) is 3.16. The Bertz CT molecular complexity index is 819. The average Bonchev–Trinajstić information content (AvgIpc) is 3.26. The van der Waals surface area contributed by atoms with Gasteiger partial charge in [-0.1, -0.05) is 0 Å². The summed E-state index contributed by atoms with van der Waals surface area (Å²) < 4.78 is 15.7. The van der Waals surface area contributed by atoms with Crippen molar-refractivity contribution in [2.75, 3.05) is 20.1 Å². The van der Waals surface area contributed by atoms with Gasteiger partial charge in [-0.2, -0.15) is 10.4 Å². The second-order valence-corrected chi connectivity index (χ2v) is 6.20. The monoisotopic (exact) mass is 340 g/mol. The van der Waals surface area contributed by atoms with Gasteiger partial charge >= 0.3 is 0 Å². The van der Waals surface area contributed by atoms with E-state index in [9.17, 15) is 4.39 Å². The number of aryl methyl sites for hydroxylation is 1. The van der Waals surface area contributed by atoms with E-state index in [0.717, 1.165) is 25.5 Å². The Morgan fingerprint density at radius 3 is 3.04 bits per heavy atom. The molecule has 0 aliphatic carbocycles. The smallest absolute Gasteiger partial charge is 0.193 e. The normalized spacial score (nSPS) is 17.6. The summed E-state index contributed by atoms with van der Waals surface area (Å²) in [6.45, 7) is 2.04. The molecule has 1 aromatic heterocycles. The third kappa shape index (κ3) is 3.79. The predicted molar refractivity (Wildman–Crippen MR) is 93.5 cm³/mol. The molecule has 0 bridgehead atoms. The zero-order valence-electron chi connectivity index (χ0n) is 14.4. The van der Waals surface area contributed by atoms with Crippen LogP contribution in [-0.2, 0) is 13.6 Å². The van der Waals surface area contributed by atoms with Crippen LogP contribution < -0.4 is 5.32 Å². The van der Waals surface area contributed by atoms with Crippen molar-refractivity contribution in [3.05, 3.63) is 53.1 Å². The fraction of sp³-hybridized carbons (Fsp3) is 0.389. The minimum Gasteiger partial charge on any atom is -0.352 e. The maximum Gasteiger partial charge on any atom is 0.193 e. The molecule has 3 rings (SSSR count). The van der Waals surface area contributed by atoms with E-state index in [1.807, 2.05) is 30.2 Å². The zero-order chi connectivity index (χ0) is 17.8. The van der Waals surface area contributed by atoms with Gasteiger partial charge in [0, 0.05) is 51.4 Å². The third-order valence-electron chi connectivity index (χ3n) is 4.51. The fourth-order valence-corrected chi connectivity index (χ4v) is 3.16. The second kappa shape index (κ2) is 7.34. The highest BCUT2D eigenvalue weighted by Crippen LogP contribution is 2.26. The van der Waals surface area contributed by atoms with E-state index < -0.39 is 0 Å². The molecule has 1 unspecified atom stereocenters. The molecule has 1 fully saturated rings. The molecule has 1 atom stereocenters. The number of nitriles is 1. The molecule has 1 N–H and O–H groups in total. The lowest BCUT2D eigenvalue weighted by atomic mass is 10.0. The number of guanidine groups is 1. The summed E-state index contributed by atoms with van der Waals surface area (Å²) in [5.74, 6) is 0.843. The van der Waals surface area contributed by atoms with Gasteiger partial charge in [0.15, 0.2) is 5.96 Å². The Kier molecular flexibility index (Phi) is 4.98. The zero-order valence-corrected chi connectivity index (χ0v) is 14.4. The largest absolute Gasteiger partial charge is 0.352 e.